The van der Waals surface area contributed by atoms with Crippen molar-refractivity contribution in [1.29, 1.82) is 0 Å². The van der Waals surface area contributed by atoms with Crippen LogP contribution in [0.2, 0.25) is 0 Å². The molecule has 0 aromatic heterocycles. The Kier molecular flexibility index (Phi) is 2.22. The van der Waals surface area contributed by atoms with Crippen LogP contribution in [0.1, 0.15) is 37.8 Å². The van der Waals surface area contributed by atoms with Crippen LogP contribution in [0.4, 0.5) is 0 Å². The van der Waals surface area contributed by atoms with Crippen LogP contribution < -0.4 is 0 Å². The Balaban J connectivity index is 2.55. The van der Waals surface area contributed by atoms with Gasteiger partial charge in [0.15, 0.2) is 0 Å². The minimum atomic E-state index is 0.217. The Morgan fingerprint density at radius 2 is 2.07 bits per heavy atom. The first-order chi connectivity index (χ1) is 6.64. The van der Waals surface area contributed by atoms with Crippen molar-refractivity contribution in [3.05, 3.63) is 47.5 Å². The van der Waals surface area contributed by atoms with Crippen molar-refractivity contribution >= 4 is 0 Å². The van der Waals surface area contributed by atoms with Crippen molar-refractivity contribution in [2.24, 2.45) is 0 Å². The molecule has 1 aromatic carbocycles. The lowest BCUT2D eigenvalue weighted by Crippen LogP contribution is -2.28. The molecule has 0 aliphatic heterocycles. The third-order valence-electron chi connectivity index (χ3n) is 3.68. The normalized spacial score (nSPS) is 25.6. The second-order valence-electron chi connectivity index (χ2n) is 4.62. The minimum Gasteiger partial charge on any atom is -0.0993 e. The highest BCUT2D eigenvalue weighted by Gasteiger charge is 2.31. The quantitative estimate of drug-likeness (QED) is 0.584. The lowest BCUT2D eigenvalue weighted by molar-refractivity contribution is 0.457. The predicted molar refractivity (Wildman–Crippen MR) is 61.5 cm³/mol. The van der Waals surface area contributed by atoms with Gasteiger partial charge in [0.05, 0.1) is 0 Å². The molecule has 0 heterocycles. The molecule has 0 heteroatoms. The van der Waals surface area contributed by atoms with Crippen molar-refractivity contribution in [3.8, 4) is 0 Å². The molecule has 0 saturated carbocycles. The summed E-state index contributed by atoms with van der Waals surface area (Å²) in [7, 11) is 0. The molecule has 0 fully saturated rings. The van der Waals surface area contributed by atoms with E-state index >= 15 is 0 Å². The van der Waals surface area contributed by atoms with Gasteiger partial charge in [-0.15, -0.1) is 0 Å². The molecular formula is C14H18. The van der Waals surface area contributed by atoms with Crippen LogP contribution in [0.25, 0.3) is 0 Å². The van der Waals surface area contributed by atoms with E-state index in [0.717, 1.165) is 0 Å². The lowest BCUT2D eigenvalue weighted by Gasteiger charge is -2.36. The summed E-state index contributed by atoms with van der Waals surface area (Å²) in [5.41, 5.74) is 4.53. The first-order valence-corrected chi connectivity index (χ1v) is 5.39. The van der Waals surface area contributed by atoms with Crippen LogP contribution in [-0.2, 0) is 11.8 Å². The average Bonchev–Trinajstić information content (AvgIpc) is 2.18. The molecule has 0 saturated heterocycles. The highest BCUT2D eigenvalue weighted by molar-refractivity contribution is 5.41. The van der Waals surface area contributed by atoms with Gasteiger partial charge in [-0.3, -0.25) is 0 Å². The largest absolute Gasteiger partial charge is 0.0993 e. The number of allylic oxidation sites excluding steroid dienone is 1. The molecule has 1 aliphatic carbocycles. The van der Waals surface area contributed by atoms with Crippen LogP contribution in [-0.4, -0.2) is 0 Å². The molecule has 2 rings (SSSR count). The Morgan fingerprint density at radius 3 is 2.79 bits per heavy atom. The summed E-state index contributed by atoms with van der Waals surface area (Å²) in [6.07, 6.45) is 3.78. The van der Waals surface area contributed by atoms with Crippen molar-refractivity contribution in [1.82, 2.24) is 0 Å². The molecule has 0 N–H and O–H groups in total. The van der Waals surface area contributed by atoms with E-state index in [4.69, 9.17) is 0 Å². The van der Waals surface area contributed by atoms with Gasteiger partial charge in [-0.2, -0.15) is 0 Å². The second-order valence-corrected chi connectivity index (χ2v) is 4.62. The van der Waals surface area contributed by atoms with Gasteiger partial charge in [-0.05, 0) is 37.3 Å². The third kappa shape index (κ3) is 1.30. The summed E-state index contributed by atoms with van der Waals surface area (Å²) in [5, 5.41) is 0. The maximum Gasteiger partial charge on any atom is 0.0131 e. The van der Waals surface area contributed by atoms with Gasteiger partial charge in [-0.25, -0.2) is 0 Å². The average molecular weight is 186 g/mol. The number of hydrogen-bond acceptors (Lipinski definition) is 0. The zero-order valence-corrected chi connectivity index (χ0v) is 9.14. The Labute approximate surface area is 86.7 Å². The molecule has 0 radical (unpaired) electrons. The van der Waals surface area contributed by atoms with E-state index in [2.05, 4.69) is 44.7 Å². The van der Waals surface area contributed by atoms with Crippen molar-refractivity contribution in [3.63, 3.8) is 0 Å². The zero-order chi connectivity index (χ0) is 10.2. The molecule has 1 aliphatic rings. The zero-order valence-electron chi connectivity index (χ0n) is 9.14. The van der Waals surface area contributed by atoms with Gasteiger partial charge >= 0.3 is 0 Å². The Hall–Kier alpha value is -1.04. The molecule has 74 valence electrons. The van der Waals surface area contributed by atoms with Gasteiger partial charge in [0.2, 0.25) is 0 Å². The molecule has 0 bridgehead atoms. The fourth-order valence-corrected chi connectivity index (χ4v) is 2.49. The first kappa shape index (κ1) is 9.51. The topological polar surface area (TPSA) is 0 Å². The lowest BCUT2D eigenvalue weighted by atomic mass is 9.68. The molecule has 1 atom stereocenters. The number of fused-ring (bicyclic) bond motifs is 1. The van der Waals surface area contributed by atoms with E-state index in [9.17, 15) is 0 Å². The van der Waals surface area contributed by atoms with Crippen LogP contribution in [0, 0.1) is 0 Å². The predicted octanol–water partition coefficient (Wildman–Crippen LogP) is 3.86. The number of benzene rings is 1. The monoisotopic (exact) mass is 186 g/mol. The molecule has 0 spiro atoms. The highest BCUT2D eigenvalue weighted by atomic mass is 14.4. The van der Waals surface area contributed by atoms with E-state index < -0.39 is 0 Å². The van der Waals surface area contributed by atoms with E-state index in [-0.39, 0.29) is 5.41 Å². The van der Waals surface area contributed by atoms with Crippen molar-refractivity contribution < 1.29 is 0 Å². The summed E-state index contributed by atoms with van der Waals surface area (Å²) in [4.78, 5) is 0. The maximum absolute atomic E-state index is 4.15. The molecule has 1 aromatic rings. The van der Waals surface area contributed by atoms with Crippen LogP contribution >= 0.6 is 0 Å². The fourth-order valence-electron chi connectivity index (χ4n) is 2.49. The molecule has 1 unspecified atom stereocenters. The Morgan fingerprint density at radius 1 is 1.36 bits per heavy atom. The van der Waals surface area contributed by atoms with Crippen molar-refractivity contribution in [2.45, 2.75) is 38.5 Å². The fraction of sp³-hybridized carbons (Fsp3) is 0.429. The van der Waals surface area contributed by atoms with Crippen LogP contribution in [0.15, 0.2) is 36.4 Å². The van der Waals surface area contributed by atoms with Gasteiger partial charge in [0, 0.05) is 5.41 Å². The second kappa shape index (κ2) is 3.27. The maximum atomic E-state index is 4.15. The standard InChI is InChI=1S/C14H18/c1-11(2)14(3)10-6-8-12-7-4-5-9-13(12)14/h4-5,7,9H,1,6,8,10H2,2-3H3. The van der Waals surface area contributed by atoms with Crippen molar-refractivity contribution in [2.75, 3.05) is 0 Å². The number of rotatable bonds is 1. The van der Waals surface area contributed by atoms with Gasteiger partial charge in [-0.1, -0.05) is 43.3 Å². The number of aryl methyl sites for hydroxylation is 1. The van der Waals surface area contributed by atoms with Gasteiger partial charge in [0.25, 0.3) is 0 Å². The molecular weight excluding hydrogens is 168 g/mol. The summed E-state index contributed by atoms with van der Waals surface area (Å²) in [6, 6.07) is 8.81. The van der Waals surface area contributed by atoms with Crippen LogP contribution in [0.3, 0.4) is 0 Å². The van der Waals surface area contributed by atoms with Gasteiger partial charge in [0.1, 0.15) is 0 Å². The number of hydrogen-bond donors (Lipinski definition) is 0. The highest BCUT2D eigenvalue weighted by Crippen LogP contribution is 2.41. The molecule has 0 amide bonds. The summed E-state index contributed by atoms with van der Waals surface area (Å²) in [5.74, 6) is 0. The van der Waals surface area contributed by atoms with E-state index in [0.29, 0.717) is 0 Å². The van der Waals surface area contributed by atoms with Gasteiger partial charge < -0.3 is 0 Å². The third-order valence-corrected chi connectivity index (χ3v) is 3.68. The molecule has 14 heavy (non-hydrogen) atoms. The van der Waals surface area contributed by atoms with E-state index in [1.807, 2.05) is 0 Å². The Bertz CT molecular complexity index is 362. The molecule has 0 nitrogen and oxygen atoms in total. The minimum absolute atomic E-state index is 0.217. The summed E-state index contributed by atoms with van der Waals surface area (Å²) in [6.45, 7) is 8.63. The SMILES string of the molecule is C=C(C)C1(C)CCCc2ccccc21. The summed E-state index contributed by atoms with van der Waals surface area (Å²) >= 11 is 0. The van der Waals surface area contributed by atoms with E-state index in [1.54, 1.807) is 0 Å². The van der Waals surface area contributed by atoms with E-state index in [1.165, 1.54) is 36.0 Å². The van der Waals surface area contributed by atoms with Crippen LogP contribution in [0.5, 0.6) is 0 Å². The summed E-state index contributed by atoms with van der Waals surface area (Å²) < 4.78 is 0. The smallest absolute Gasteiger partial charge is 0.0131 e. The first-order valence-electron chi connectivity index (χ1n) is 5.39.